The van der Waals surface area contributed by atoms with Crippen molar-refractivity contribution >= 4 is 11.0 Å². The van der Waals surface area contributed by atoms with Gasteiger partial charge in [-0.25, -0.2) is 9.97 Å². The van der Waals surface area contributed by atoms with E-state index in [1.54, 1.807) is 0 Å². The van der Waals surface area contributed by atoms with Crippen LogP contribution in [0.1, 0.15) is 11.3 Å². The maximum absolute atomic E-state index is 9.24. The average Bonchev–Trinajstić information content (AvgIpc) is 2.46. The van der Waals surface area contributed by atoms with Gasteiger partial charge in [0.05, 0.1) is 11.0 Å². The van der Waals surface area contributed by atoms with Gasteiger partial charge in [-0.2, -0.15) is 5.26 Å². The van der Waals surface area contributed by atoms with Gasteiger partial charge in [0.2, 0.25) is 0 Å². The van der Waals surface area contributed by atoms with Crippen LogP contribution in [0, 0.1) is 18.3 Å². The Bertz CT molecular complexity index is 783. The molecule has 0 fully saturated rings. The van der Waals surface area contributed by atoms with Crippen molar-refractivity contribution in [3.63, 3.8) is 0 Å². The second kappa shape index (κ2) is 4.51. The minimum absolute atomic E-state index is 0.363. The topological polar surface area (TPSA) is 49.6 Å². The Labute approximate surface area is 111 Å². The monoisotopic (exact) mass is 245 g/mol. The predicted octanol–water partition coefficient (Wildman–Crippen LogP) is 3.48. The van der Waals surface area contributed by atoms with E-state index in [-0.39, 0.29) is 0 Å². The van der Waals surface area contributed by atoms with Gasteiger partial charge >= 0.3 is 0 Å². The van der Waals surface area contributed by atoms with Crippen LogP contribution in [0.5, 0.6) is 0 Å². The molecule has 0 radical (unpaired) electrons. The third kappa shape index (κ3) is 2.04. The van der Waals surface area contributed by atoms with Crippen molar-refractivity contribution in [2.24, 2.45) is 0 Å². The lowest BCUT2D eigenvalue weighted by molar-refractivity contribution is 1.24. The van der Waals surface area contributed by atoms with Gasteiger partial charge in [0.25, 0.3) is 0 Å². The van der Waals surface area contributed by atoms with E-state index in [0.29, 0.717) is 11.4 Å². The van der Waals surface area contributed by atoms with Gasteiger partial charge in [-0.05, 0) is 19.1 Å². The smallest absolute Gasteiger partial charge is 0.167 e. The van der Waals surface area contributed by atoms with Gasteiger partial charge in [-0.15, -0.1) is 0 Å². The molecule has 1 aromatic heterocycles. The summed E-state index contributed by atoms with van der Waals surface area (Å²) in [5.74, 6) is 0. The molecule has 0 unspecified atom stereocenters. The van der Waals surface area contributed by atoms with Gasteiger partial charge in [0.15, 0.2) is 5.69 Å². The minimum Gasteiger partial charge on any atom is -0.243 e. The quantitative estimate of drug-likeness (QED) is 0.659. The number of para-hydroxylation sites is 2. The summed E-state index contributed by atoms with van der Waals surface area (Å²) < 4.78 is 0. The number of nitriles is 1. The third-order valence-corrected chi connectivity index (χ3v) is 3.00. The fourth-order valence-electron chi connectivity index (χ4n) is 1.99. The fourth-order valence-corrected chi connectivity index (χ4v) is 1.99. The van der Waals surface area contributed by atoms with Crippen molar-refractivity contribution in [3.8, 4) is 17.3 Å². The van der Waals surface area contributed by atoms with Crippen LogP contribution >= 0.6 is 0 Å². The molecule has 19 heavy (non-hydrogen) atoms. The van der Waals surface area contributed by atoms with Crippen LogP contribution in [-0.2, 0) is 0 Å². The zero-order valence-electron chi connectivity index (χ0n) is 10.5. The molecule has 3 aromatic rings. The van der Waals surface area contributed by atoms with Crippen molar-refractivity contribution < 1.29 is 0 Å². The summed E-state index contributed by atoms with van der Waals surface area (Å²) in [6, 6.07) is 17.7. The molecular weight excluding hydrogens is 234 g/mol. The molecule has 0 bridgehead atoms. The van der Waals surface area contributed by atoms with Crippen LogP contribution in [0.3, 0.4) is 0 Å². The van der Waals surface area contributed by atoms with Crippen molar-refractivity contribution in [1.82, 2.24) is 9.97 Å². The maximum Gasteiger partial charge on any atom is 0.167 e. The molecule has 0 saturated carbocycles. The lowest BCUT2D eigenvalue weighted by Crippen LogP contribution is -1.95. The van der Waals surface area contributed by atoms with E-state index >= 15 is 0 Å². The van der Waals surface area contributed by atoms with Gasteiger partial charge in [0.1, 0.15) is 11.8 Å². The summed E-state index contributed by atoms with van der Waals surface area (Å²) in [6.07, 6.45) is 0. The van der Waals surface area contributed by atoms with Crippen LogP contribution in [0.25, 0.3) is 22.3 Å². The first-order chi connectivity index (χ1) is 9.28. The number of hydrogen-bond donors (Lipinski definition) is 0. The van der Waals surface area contributed by atoms with Crippen molar-refractivity contribution in [3.05, 3.63) is 59.8 Å². The maximum atomic E-state index is 9.24. The van der Waals surface area contributed by atoms with E-state index in [1.807, 2.05) is 55.5 Å². The van der Waals surface area contributed by atoms with E-state index in [4.69, 9.17) is 0 Å². The van der Waals surface area contributed by atoms with Crippen LogP contribution in [0.2, 0.25) is 0 Å². The molecule has 0 spiro atoms. The number of hydrogen-bond acceptors (Lipinski definition) is 3. The lowest BCUT2D eigenvalue weighted by atomic mass is 10.1. The van der Waals surface area contributed by atoms with Gasteiger partial charge < -0.3 is 0 Å². The molecule has 0 aliphatic rings. The first kappa shape index (κ1) is 11.4. The van der Waals surface area contributed by atoms with Crippen molar-refractivity contribution in [1.29, 1.82) is 5.26 Å². The summed E-state index contributed by atoms with van der Waals surface area (Å²) in [5, 5.41) is 9.24. The molecular formula is C16H11N3. The molecule has 90 valence electrons. The summed E-state index contributed by atoms with van der Waals surface area (Å²) >= 11 is 0. The van der Waals surface area contributed by atoms with Gasteiger partial charge in [-0.3, -0.25) is 0 Å². The lowest BCUT2D eigenvalue weighted by Gasteiger charge is -2.05. The summed E-state index contributed by atoms with van der Waals surface area (Å²) in [5.41, 5.74) is 4.65. The number of benzene rings is 2. The highest BCUT2D eigenvalue weighted by Gasteiger charge is 2.10. The van der Waals surface area contributed by atoms with Crippen LogP contribution in [0.15, 0.2) is 48.5 Å². The molecule has 0 atom stereocenters. The van der Waals surface area contributed by atoms with E-state index in [9.17, 15) is 5.26 Å². The molecule has 0 aliphatic heterocycles. The standard InChI is InChI=1S/C16H11N3/c1-11-6-8-12(9-7-11)16-15(10-17)18-13-4-2-3-5-14(13)19-16/h2-9H,1H3. The van der Waals surface area contributed by atoms with Gasteiger partial charge in [0, 0.05) is 5.56 Å². The highest BCUT2D eigenvalue weighted by Crippen LogP contribution is 2.23. The zero-order chi connectivity index (χ0) is 13.2. The molecule has 0 amide bonds. The number of nitrogens with zero attached hydrogens (tertiary/aromatic N) is 3. The van der Waals surface area contributed by atoms with E-state index in [0.717, 1.165) is 16.6 Å². The Balaban J connectivity index is 2.27. The summed E-state index contributed by atoms with van der Waals surface area (Å²) in [4.78, 5) is 8.93. The number of aryl methyl sites for hydroxylation is 1. The number of aromatic nitrogens is 2. The summed E-state index contributed by atoms with van der Waals surface area (Å²) in [6.45, 7) is 2.03. The number of rotatable bonds is 1. The SMILES string of the molecule is Cc1ccc(-c2nc3ccccc3nc2C#N)cc1. The Morgan fingerprint density at radius 2 is 1.53 bits per heavy atom. The Kier molecular flexibility index (Phi) is 2.70. The highest BCUT2D eigenvalue weighted by molar-refractivity contribution is 5.79. The molecule has 0 aliphatic carbocycles. The molecule has 3 rings (SSSR count). The number of fused-ring (bicyclic) bond motifs is 1. The second-order valence-electron chi connectivity index (χ2n) is 4.39. The molecule has 2 aromatic carbocycles. The second-order valence-corrected chi connectivity index (χ2v) is 4.39. The molecule has 3 nitrogen and oxygen atoms in total. The van der Waals surface area contributed by atoms with Crippen molar-refractivity contribution in [2.45, 2.75) is 6.92 Å². The third-order valence-electron chi connectivity index (χ3n) is 3.00. The summed E-state index contributed by atoms with van der Waals surface area (Å²) in [7, 11) is 0. The van der Waals surface area contributed by atoms with E-state index < -0.39 is 0 Å². The normalized spacial score (nSPS) is 10.3. The Morgan fingerprint density at radius 3 is 2.16 bits per heavy atom. The first-order valence-corrected chi connectivity index (χ1v) is 6.02. The minimum atomic E-state index is 0.363. The average molecular weight is 245 g/mol. The molecule has 0 saturated heterocycles. The molecule has 3 heteroatoms. The zero-order valence-corrected chi connectivity index (χ0v) is 10.5. The van der Waals surface area contributed by atoms with E-state index in [2.05, 4.69) is 16.0 Å². The van der Waals surface area contributed by atoms with Crippen LogP contribution in [-0.4, -0.2) is 9.97 Å². The molecule has 0 N–H and O–H groups in total. The van der Waals surface area contributed by atoms with E-state index in [1.165, 1.54) is 5.56 Å². The highest BCUT2D eigenvalue weighted by atomic mass is 14.8. The first-order valence-electron chi connectivity index (χ1n) is 6.02. The molecule has 1 heterocycles. The van der Waals surface area contributed by atoms with Crippen LogP contribution in [0.4, 0.5) is 0 Å². The Morgan fingerprint density at radius 1 is 0.895 bits per heavy atom. The fraction of sp³-hybridized carbons (Fsp3) is 0.0625. The van der Waals surface area contributed by atoms with Crippen LogP contribution < -0.4 is 0 Å². The largest absolute Gasteiger partial charge is 0.243 e. The van der Waals surface area contributed by atoms with Crippen molar-refractivity contribution in [2.75, 3.05) is 0 Å². The predicted molar refractivity (Wildman–Crippen MR) is 74.4 cm³/mol. The Hall–Kier alpha value is -2.73. The van der Waals surface area contributed by atoms with Gasteiger partial charge in [-0.1, -0.05) is 42.0 Å².